The summed E-state index contributed by atoms with van der Waals surface area (Å²) in [5.41, 5.74) is 1.31. The van der Waals surface area contributed by atoms with Crippen LogP contribution in [0.1, 0.15) is 100 Å². The Bertz CT molecular complexity index is 1450. The summed E-state index contributed by atoms with van der Waals surface area (Å²) in [6, 6.07) is 12.1. The summed E-state index contributed by atoms with van der Waals surface area (Å²) < 4.78 is 120. The number of ether oxygens (including phenoxy) is 2. The van der Waals surface area contributed by atoms with E-state index in [0.717, 1.165) is 75.3 Å². The Kier molecular flexibility index (Phi) is 11.2. The SMILES string of the molecule is CCCCCc1ccc(C(F)(F)OC2CCC(C3CCC(c4ccc(-c5cc(F)c(OC(F)(F)F)c(F)c5)c(F)c4)CC3)CC2)cc1. The van der Waals surface area contributed by atoms with Crippen molar-refractivity contribution in [2.24, 2.45) is 11.8 Å². The maximum absolute atomic E-state index is 15.1. The third-order valence-electron chi connectivity index (χ3n) is 9.82. The second-order valence-corrected chi connectivity index (χ2v) is 13.0. The summed E-state index contributed by atoms with van der Waals surface area (Å²) in [5.74, 6) is -4.55. The van der Waals surface area contributed by atoms with E-state index in [2.05, 4.69) is 11.7 Å². The van der Waals surface area contributed by atoms with Crippen molar-refractivity contribution in [2.45, 2.75) is 108 Å². The molecular weight excluding hydrogens is 628 g/mol. The van der Waals surface area contributed by atoms with Gasteiger partial charge in [-0.3, -0.25) is 0 Å². The van der Waals surface area contributed by atoms with Crippen molar-refractivity contribution in [1.82, 2.24) is 0 Å². The molecule has 0 amide bonds. The van der Waals surface area contributed by atoms with E-state index in [0.29, 0.717) is 36.8 Å². The Morgan fingerprint density at radius 2 is 1.28 bits per heavy atom. The minimum atomic E-state index is -5.28. The topological polar surface area (TPSA) is 18.5 Å². The largest absolute Gasteiger partial charge is 0.573 e. The molecule has 3 aromatic rings. The van der Waals surface area contributed by atoms with E-state index in [-0.39, 0.29) is 22.6 Å². The number of aryl methyl sites for hydroxylation is 1. The zero-order valence-corrected chi connectivity index (χ0v) is 26.3. The molecule has 0 N–H and O–H groups in total. The van der Waals surface area contributed by atoms with Crippen LogP contribution in [0, 0.1) is 29.3 Å². The van der Waals surface area contributed by atoms with Crippen LogP contribution in [0.4, 0.5) is 35.1 Å². The van der Waals surface area contributed by atoms with Gasteiger partial charge in [0.15, 0.2) is 11.6 Å². The number of rotatable bonds is 11. The van der Waals surface area contributed by atoms with Crippen LogP contribution < -0.4 is 4.74 Å². The van der Waals surface area contributed by atoms with Crippen molar-refractivity contribution in [3.8, 4) is 16.9 Å². The van der Waals surface area contributed by atoms with Crippen molar-refractivity contribution < 1.29 is 44.6 Å². The molecule has 2 nitrogen and oxygen atoms in total. The van der Waals surface area contributed by atoms with Crippen molar-refractivity contribution in [3.05, 3.63) is 88.7 Å². The Balaban J connectivity index is 1.11. The summed E-state index contributed by atoms with van der Waals surface area (Å²) >= 11 is 0. The maximum Gasteiger partial charge on any atom is 0.573 e. The van der Waals surface area contributed by atoms with Crippen molar-refractivity contribution in [3.63, 3.8) is 0 Å². The molecule has 0 aliphatic heterocycles. The lowest BCUT2D eigenvalue weighted by molar-refractivity contribution is -0.278. The van der Waals surface area contributed by atoms with Gasteiger partial charge in [0.2, 0.25) is 5.75 Å². The molecule has 0 radical (unpaired) electrons. The molecule has 2 aliphatic rings. The van der Waals surface area contributed by atoms with Crippen molar-refractivity contribution in [2.75, 3.05) is 0 Å². The van der Waals surface area contributed by atoms with Crippen LogP contribution in [-0.2, 0) is 17.3 Å². The van der Waals surface area contributed by atoms with Crippen molar-refractivity contribution >= 4 is 0 Å². The molecule has 256 valence electrons. The second kappa shape index (κ2) is 15.0. The van der Waals surface area contributed by atoms with Crippen LogP contribution in [0.2, 0.25) is 0 Å². The fourth-order valence-electron chi connectivity index (χ4n) is 7.27. The van der Waals surface area contributed by atoms with E-state index in [9.17, 15) is 30.7 Å². The third-order valence-corrected chi connectivity index (χ3v) is 9.82. The van der Waals surface area contributed by atoms with Crippen LogP contribution in [0.5, 0.6) is 5.75 Å². The van der Waals surface area contributed by atoms with E-state index in [1.165, 1.54) is 24.3 Å². The molecule has 0 aromatic heterocycles. The van der Waals surface area contributed by atoms with Gasteiger partial charge in [0, 0.05) is 5.56 Å². The summed E-state index contributed by atoms with van der Waals surface area (Å²) in [6.07, 6.45) is 1.28. The summed E-state index contributed by atoms with van der Waals surface area (Å²) in [5, 5.41) is 0. The van der Waals surface area contributed by atoms with E-state index >= 15 is 4.39 Å². The molecule has 0 heterocycles. The lowest BCUT2D eigenvalue weighted by Gasteiger charge is -2.38. The monoisotopic (exact) mass is 668 g/mol. The van der Waals surface area contributed by atoms with Gasteiger partial charge in [0.05, 0.1) is 11.7 Å². The average Bonchev–Trinajstić information content (AvgIpc) is 3.03. The highest BCUT2D eigenvalue weighted by atomic mass is 19.4. The van der Waals surface area contributed by atoms with Gasteiger partial charge in [0.25, 0.3) is 0 Å². The van der Waals surface area contributed by atoms with Gasteiger partial charge in [-0.1, -0.05) is 56.2 Å². The van der Waals surface area contributed by atoms with E-state index < -0.39 is 41.8 Å². The lowest BCUT2D eigenvalue weighted by Crippen LogP contribution is -2.32. The highest BCUT2D eigenvalue weighted by molar-refractivity contribution is 5.66. The normalized spacial score (nSPS) is 22.3. The minimum Gasteiger partial charge on any atom is -0.399 e. The Labute approximate surface area is 270 Å². The Morgan fingerprint density at radius 1 is 0.681 bits per heavy atom. The highest BCUT2D eigenvalue weighted by Gasteiger charge is 2.39. The highest BCUT2D eigenvalue weighted by Crippen LogP contribution is 2.45. The molecule has 0 atom stereocenters. The number of unbranched alkanes of at least 4 members (excludes halogenated alkanes) is 2. The first kappa shape index (κ1) is 35.2. The number of benzene rings is 3. The molecule has 2 saturated carbocycles. The molecule has 5 rings (SSSR count). The predicted molar refractivity (Wildman–Crippen MR) is 164 cm³/mol. The Morgan fingerprint density at radius 3 is 1.83 bits per heavy atom. The minimum absolute atomic E-state index is 0.0854. The van der Waals surface area contributed by atoms with E-state index in [1.54, 1.807) is 18.2 Å². The van der Waals surface area contributed by atoms with Crippen LogP contribution in [0.3, 0.4) is 0 Å². The third kappa shape index (κ3) is 9.06. The number of alkyl halides is 5. The molecule has 2 fully saturated rings. The fraction of sp³-hybridized carbons (Fsp3) is 0.514. The molecular formula is C37H40F8O2. The predicted octanol–water partition coefficient (Wildman–Crippen LogP) is 12.0. The molecule has 3 aromatic carbocycles. The quantitative estimate of drug-likeness (QED) is 0.150. The van der Waals surface area contributed by atoms with Crippen LogP contribution in [-0.4, -0.2) is 12.5 Å². The first-order valence-electron chi connectivity index (χ1n) is 16.5. The maximum atomic E-state index is 15.1. The number of halogens is 8. The van der Waals surface area contributed by atoms with Crippen LogP contribution in [0.25, 0.3) is 11.1 Å². The molecule has 0 saturated heterocycles. The lowest BCUT2D eigenvalue weighted by atomic mass is 9.69. The summed E-state index contributed by atoms with van der Waals surface area (Å²) in [7, 11) is 0. The summed E-state index contributed by atoms with van der Waals surface area (Å²) in [4.78, 5) is 0. The number of hydrogen-bond acceptors (Lipinski definition) is 2. The standard InChI is InChI=1S/C37H40F8O2/c1-2-3-4-5-23-6-15-29(16-7-23)36(41,42)46-30-17-12-25(13-18-30)24-8-10-26(11-9-24)27-14-19-31(32(38)20-27)28-21-33(39)35(34(40)22-28)47-37(43,44)45/h6-7,14-16,19-22,24-26,30H,2-5,8-13,17-18H2,1H3. The van der Waals surface area contributed by atoms with Gasteiger partial charge in [-0.05, 0) is 117 Å². The molecule has 0 spiro atoms. The zero-order valence-electron chi connectivity index (χ0n) is 26.3. The molecule has 2 aliphatic carbocycles. The molecule has 47 heavy (non-hydrogen) atoms. The van der Waals surface area contributed by atoms with Gasteiger partial charge in [-0.25, -0.2) is 13.2 Å². The van der Waals surface area contributed by atoms with Crippen molar-refractivity contribution in [1.29, 1.82) is 0 Å². The van der Waals surface area contributed by atoms with Gasteiger partial charge in [-0.15, -0.1) is 13.2 Å². The second-order valence-electron chi connectivity index (χ2n) is 13.0. The first-order chi connectivity index (χ1) is 22.3. The van der Waals surface area contributed by atoms with Gasteiger partial charge in [-0.2, -0.15) is 8.78 Å². The van der Waals surface area contributed by atoms with Gasteiger partial charge in [0.1, 0.15) is 5.82 Å². The van der Waals surface area contributed by atoms with Crippen LogP contribution >= 0.6 is 0 Å². The van der Waals surface area contributed by atoms with Gasteiger partial charge >= 0.3 is 12.5 Å². The van der Waals surface area contributed by atoms with E-state index in [4.69, 9.17) is 4.74 Å². The first-order valence-corrected chi connectivity index (χ1v) is 16.5. The van der Waals surface area contributed by atoms with E-state index in [1.807, 2.05) is 0 Å². The zero-order chi connectivity index (χ0) is 33.8. The number of hydrogen-bond donors (Lipinski definition) is 0. The summed E-state index contributed by atoms with van der Waals surface area (Å²) in [6.45, 7) is 2.13. The van der Waals surface area contributed by atoms with Crippen LogP contribution in [0.15, 0.2) is 54.6 Å². The molecule has 0 unspecified atom stereocenters. The fourth-order valence-corrected chi connectivity index (χ4v) is 7.27. The molecule has 0 bridgehead atoms. The average molecular weight is 669 g/mol. The van der Waals surface area contributed by atoms with Gasteiger partial charge < -0.3 is 9.47 Å². The smallest absolute Gasteiger partial charge is 0.399 e. The Hall–Kier alpha value is -3.14. The molecule has 10 heteroatoms.